The average Bonchev–Trinajstić information content (AvgIpc) is 3.08. The summed E-state index contributed by atoms with van der Waals surface area (Å²) in [6.45, 7) is 8.21. The number of carbonyl (C=O) groups is 2. The molecule has 0 aliphatic rings. The van der Waals surface area contributed by atoms with Crippen molar-refractivity contribution in [3.63, 3.8) is 0 Å². The van der Waals surface area contributed by atoms with Gasteiger partial charge >= 0.3 is 0 Å². The molecule has 0 spiro atoms. The average molecular weight is 489 g/mol. The van der Waals surface area contributed by atoms with Crippen molar-refractivity contribution in [2.45, 2.75) is 50.7 Å². The molecule has 2 aromatic carbocycles. The van der Waals surface area contributed by atoms with E-state index in [0.717, 1.165) is 11.9 Å². The Kier molecular flexibility index (Phi) is 7.30. The van der Waals surface area contributed by atoms with Gasteiger partial charge in [0.2, 0.25) is 15.9 Å². The summed E-state index contributed by atoms with van der Waals surface area (Å²) in [5.41, 5.74) is 1.96. The minimum absolute atomic E-state index is 0.00224. The highest BCUT2D eigenvalue weighted by Gasteiger charge is 2.21. The van der Waals surface area contributed by atoms with E-state index >= 15 is 0 Å². The Hall–Kier alpha value is -2.69. The fourth-order valence-corrected chi connectivity index (χ4v) is 4.55. The minimum atomic E-state index is -3.83. The Morgan fingerprint density at radius 2 is 1.79 bits per heavy atom. The van der Waals surface area contributed by atoms with Gasteiger partial charge in [0.05, 0.1) is 21.7 Å². The van der Waals surface area contributed by atoms with Gasteiger partial charge in [-0.3, -0.25) is 9.59 Å². The van der Waals surface area contributed by atoms with Crippen LogP contribution in [0.1, 0.15) is 44.5 Å². The van der Waals surface area contributed by atoms with Crippen LogP contribution in [-0.4, -0.2) is 35.4 Å². The van der Waals surface area contributed by atoms with Crippen molar-refractivity contribution in [2.24, 2.45) is 10.6 Å². The normalized spacial score (nSPS) is 12.2. The van der Waals surface area contributed by atoms with Crippen LogP contribution >= 0.6 is 11.8 Å². The molecule has 0 saturated carbocycles. The zero-order chi connectivity index (χ0) is 24.4. The molecule has 0 atom stereocenters. The highest BCUT2D eigenvalue weighted by atomic mass is 32.2. The number of thioether (sulfide) groups is 1. The standard InChI is InChI=1S/C23H28N4O4S2/c1-5-12-27-19-11-10-17(33(24,30)31)13-18(19)26-22(27)32-14-20(28)15-6-8-16(9-7-15)25-21(29)23(2,3)4/h6-11,13H,5,12,14H2,1-4H3,(H,25,29)(H2,24,30,31). The number of rotatable bonds is 8. The van der Waals surface area contributed by atoms with Crippen molar-refractivity contribution in [1.29, 1.82) is 0 Å². The third kappa shape index (κ3) is 6.01. The molecule has 3 N–H and O–H groups in total. The number of nitrogens with one attached hydrogen (secondary N) is 1. The van der Waals surface area contributed by atoms with E-state index in [4.69, 9.17) is 5.14 Å². The molecule has 3 aromatic rings. The fourth-order valence-electron chi connectivity index (χ4n) is 3.09. The van der Waals surface area contributed by atoms with Crippen LogP contribution in [0.3, 0.4) is 0 Å². The Morgan fingerprint density at radius 3 is 2.36 bits per heavy atom. The predicted molar refractivity (Wildman–Crippen MR) is 131 cm³/mol. The molecule has 0 radical (unpaired) electrons. The van der Waals surface area contributed by atoms with Gasteiger partial charge in [0.25, 0.3) is 0 Å². The highest BCUT2D eigenvalue weighted by molar-refractivity contribution is 7.99. The molecule has 0 fully saturated rings. The van der Waals surface area contributed by atoms with Crippen molar-refractivity contribution >= 4 is 50.2 Å². The number of fused-ring (bicyclic) bond motifs is 1. The molecule has 10 heteroatoms. The maximum absolute atomic E-state index is 12.7. The van der Waals surface area contributed by atoms with Gasteiger partial charge in [-0.2, -0.15) is 0 Å². The molecule has 3 rings (SSSR count). The third-order valence-electron chi connectivity index (χ3n) is 4.94. The molecule has 1 amide bonds. The minimum Gasteiger partial charge on any atom is -0.326 e. The number of primary sulfonamides is 1. The topological polar surface area (TPSA) is 124 Å². The van der Waals surface area contributed by atoms with Crippen molar-refractivity contribution < 1.29 is 18.0 Å². The van der Waals surface area contributed by atoms with Crippen LogP contribution in [0.15, 0.2) is 52.5 Å². The van der Waals surface area contributed by atoms with Crippen LogP contribution < -0.4 is 10.5 Å². The molecule has 1 aromatic heterocycles. The quantitative estimate of drug-likeness (QED) is 0.364. The molecule has 0 aliphatic carbocycles. The molecule has 8 nitrogen and oxygen atoms in total. The molecule has 0 unspecified atom stereocenters. The first-order valence-corrected chi connectivity index (χ1v) is 13.0. The van der Waals surface area contributed by atoms with Crippen LogP contribution in [0.4, 0.5) is 5.69 Å². The van der Waals surface area contributed by atoms with E-state index < -0.39 is 15.4 Å². The largest absolute Gasteiger partial charge is 0.326 e. The summed E-state index contributed by atoms with van der Waals surface area (Å²) in [5.74, 6) is -0.00504. The Morgan fingerprint density at radius 1 is 1.12 bits per heavy atom. The van der Waals surface area contributed by atoms with Crippen LogP contribution in [0, 0.1) is 5.41 Å². The number of ketones is 1. The maximum Gasteiger partial charge on any atom is 0.238 e. The monoisotopic (exact) mass is 488 g/mol. The lowest BCUT2D eigenvalue weighted by Crippen LogP contribution is -2.27. The first kappa shape index (κ1) is 24.9. The Labute approximate surface area is 198 Å². The smallest absolute Gasteiger partial charge is 0.238 e. The zero-order valence-electron chi connectivity index (χ0n) is 19.1. The molecule has 1 heterocycles. The summed E-state index contributed by atoms with van der Waals surface area (Å²) < 4.78 is 25.3. The third-order valence-corrected chi connectivity index (χ3v) is 6.83. The van der Waals surface area contributed by atoms with E-state index in [9.17, 15) is 18.0 Å². The Bertz CT molecular complexity index is 1290. The van der Waals surface area contributed by atoms with E-state index in [-0.39, 0.29) is 22.3 Å². The SMILES string of the molecule is CCCn1c(SCC(=O)c2ccc(NC(=O)C(C)(C)C)cc2)nc2cc(S(N)(=O)=O)ccc21. The number of benzene rings is 2. The van der Waals surface area contributed by atoms with E-state index in [1.807, 2.05) is 32.3 Å². The molecule has 0 aliphatic heterocycles. The van der Waals surface area contributed by atoms with E-state index in [1.54, 1.807) is 30.3 Å². The van der Waals surface area contributed by atoms with Crippen LogP contribution in [0.2, 0.25) is 0 Å². The van der Waals surface area contributed by atoms with Gasteiger partial charge in [-0.25, -0.2) is 18.5 Å². The van der Waals surface area contributed by atoms with Crippen molar-refractivity contribution in [3.05, 3.63) is 48.0 Å². The molecule has 0 saturated heterocycles. The summed E-state index contributed by atoms with van der Waals surface area (Å²) in [5, 5.41) is 8.71. The molecule has 0 bridgehead atoms. The number of aryl methyl sites for hydroxylation is 1. The predicted octanol–water partition coefficient (Wildman–Crippen LogP) is 4.05. The second kappa shape index (κ2) is 9.66. The van der Waals surface area contributed by atoms with Crippen LogP contribution in [0.5, 0.6) is 0 Å². The number of aromatic nitrogens is 2. The number of amides is 1. The van der Waals surface area contributed by atoms with E-state index in [0.29, 0.717) is 28.5 Å². The number of anilines is 1. The number of sulfonamides is 1. The van der Waals surface area contributed by atoms with Gasteiger partial charge in [-0.05, 0) is 48.9 Å². The second-order valence-corrected chi connectivity index (χ2v) is 11.2. The number of imidazole rings is 1. The number of hydrogen-bond donors (Lipinski definition) is 2. The lowest BCUT2D eigenvalue weighted by molar-refractivity contribution is -0.123. The number of hydrogen-bond acceptors (Lipinski definition) is 6. The summed E-state index contributed by atoms with van der Waals surface area (Å²) in [4.78, 5) is 29.4. The summed E-state index contributed by atoms with van der Waals surface area (Å²) >= 11 is 1.30. The Balaban J connectivity index is 1.75. The van der Waals surface area contributed by atoms with Gasteiger partial charge < -0.3 is 9.88 Å². The van der Waals surface area contributed by atoms with Crippen LogP contribution in [0.25, 0.3) is 11.0 Å². The number of nitrogens with zero attached hydrogens (tertiary/aromatic N) is 2. The van der Waals surface area contributed by atoms with Gasteiger partial charge in [0.15, 0.2) is 10.9 Å². The summed E-state index contributed by atoms with van der Waals surface area (Å²) in [6.07, 6.45) is 0.853. The van der Waals surface area contributed by atoms with E-state index in [1.165, 1.54) is 23.9 Å². The lowest BCUT2D eigenvalue weighted by Gasteiger charge is -2.17. The van der Waals surface area contributed by atoms with Crippen molar-refractivity contribution in [3.8, 4) is 0 Å². The summed E-state index contributed by atoms with van der Waals surface area (Å²) in [7, 11) is -3.83. The van der Waals surface area contributed by atoms with E-state index in [2.05, 4.69) is 10.3 Å². The highest BCUT2D eigenvalue weighted by Crippen LogP contribution is 2.27. The fraction of sp³-hybridized carbons (Fsp3) is 0.348. The van der Waals surface area contributed by atoms with Gasteiger partial charge in [-0.15, -0.1) is 0 Å². The number of Topliss-reactive ketones (excluding diaryl/α,β-unsaturated/α-hetero) is 1. The van der Waals surface area contributed by atoms with Gasteiger partial charge in [0.1, 0.15) is 0 Å². The molecular weight excluding hydrogens is 460 g/mol. The zero-order valence-corrected chi connectivity index (χ0v) is 20.7. The maximum atomic E-state index is 12.7. The first-order chi connectivity index (χ1) is 15.4. The second-order valence-electron chi connectivity index (χ2n) is 8.73. The van der Waals surface area contributed by atoms with Crippen LogP contribution in [-0.2, 0) is 21.4 Å². The first-order valence-electron chi connectivity index (χ1n) is 10.5. The van der Waals surface area contributed by atoms with Gasteiger partial charge in [-0.1, -0.05) is 39.5 Å². The summed E-state index contributed by atoms with van der Waals surface area (Å²) in [6, 6.07) is 11.4. The number of nitrogens with two attached hydrogens (primary N) is 1. The molecular formula is C23H28N4O4S2. The van der Waals surface area contributed by atoms with Gasteiger partial charge in [0, 0.05) is 23.2 Å². The van der Waals surface area contributed by atoms with Crippen molar-refractivity contribution in [1.82, 2.24) is 9.55 Å². The molecule has 33 heavy (non-hydrogen) atoms. The van der Waals surface area contributed by atoms with Crippen molar-refractivity contribution in [2.75, 3.05) is 11.1 Å². The number of carbonyl (C=O) groups excluding carboxylic acids is 2. The molecule has 176 valence electrons. The lowest BCUT2D eigenvalue weighted by atomic mass is 9.95.